The molecule has 0 N–H and O–H groups in total. The zero-order valence-electron chi connectivity index (χ0n) is 14.1. The fraction of sp³-hybridized carbons (Fsp3) is 0.111. The molecular weight excluding hydrogens is 386 g/mol. The molecule has 9 heteroatoms. The van der Waals surface area contributed by atoms with Crippen LogP contribution in [0.15, 0.2) is 69.8 Å². The molecule has 27 heavy (non-hydrogen) atoms. The molecule has 0 atom stereocenters. The SMILES string of the molecule is C=CCn1c(SCc2cc(=O)n3cc(Cl)ccc3n2)nnc1-c1ccco1. The lowest BCUT2D eigenvalue weighted by Gasteiger charge is -2.07. The molecule has 0 saturated heterocycles. The Kier molecular flexibility index (Phi) is 4.83. The molecule has 0 radical (unpaired) electrons. The maximum atomic E-state index is 12.3. The number of rotatable bonds is 6. The van der Waals surface area contributed by atoms with Gasteiger partial charge in [-0.15, -0.1) is 16.8 Å². The van der Waals surface area contributed by atoms with Crippen LogP contribution in [0.1, 0.15) is 5.69 Å². The van der Waals surface area contributed by atoms with Crippen LogP contribution in [0, 0.1) is 0 Å². The highest BCUT2D eigenvalue weighted by Gasteiger charge is 2.16. The molecule has 4 aromatic rings. The maximum Gasteiger partial charge on any atom is 0.258 e. The van der Waals surface area contributed by atoms with Gasteiger partial charge in [0.15, 0.2) is 10.9 Å². The van der Waals surface area contributed by atoms with Gasteiger partial charge in [-0.1, -0.05) is 29.4 Å². The van der Waals surface area contributed by atoms with Crippen molar-refractivity contribution in [2.75, 3.05) is 0 Å². The van der Waals surface area contributed by atoms with Gasteiger partial charge in [-0.2, -0.15) is 0 Å². The summed E-state index contributed by atoms with van der Waals surface area (Å²) in [5.74, 6) is 1.74. The third-order valence-corrected chi connectivity index (χ3v) is 5.02. The first-order chi connectivity index (χ1) is 13.2. The second-order valence-electron chi connectivity index (χ2n) is 5.63. The molecule has 0 aliphatic rings. The van der Waals surface area contributed by atoms with Gasteiger partial charge >= 0.3 is 0 Å². The van der Waals surface area contributed by atoms with E-state index in [1.54, 1.807) is 36.7 Å². The lowest BCUT2D eigenvalue weighted by atomic mass is 10.4. The number of hydrogen-bond donors (Lipinski definition) is 0. The first-order valence-corrected chi connectivity index (χ1v) is 9.40. The van der Waals surface area contributed by atoms with Crippen LogP contribution in [-0.4, -0.2) is 24.1 Å². The van der Waals surface area contributed by atoms with Crippen LogP contribution in [0.5, 0.6) is 0 Å². The van der Waals surface area contributed by atoms with Gasteiger partial charge < -0.3 is 4.42 Å². The van der Waals surface area contributed by atoms with Crippen LogP contribution in [0.3, 0.4) is 0 Å². The van der Waals surface area contributed by atoms with Gasteiger partial charge in [0.1, 0.15) is 5.65 Å². The minimum absolute atomic E-state index is 0.179. The van der Waals surface area contributed by atoms with Crippen LogP contribution >= 0.6 is 23.4 Å². The van der Waals surface area contributed by atoms with Crippen LogP contribution in [0.25, 0.3) is 17.2 Å². The van der Waals surface area contributed by atoms with E-state index in [1.807, 2.05) is 10.6 Å². The Morgan fingerprint density at radius 2 is 2.19 bits per heavy atom. The second-order valence-corrected chi connectivity index (χ2v) is 7.01. The predicted octanol–water partition coefficient (Wildman–Crippen LogP) is 3.68. The van der Waals surface area contributed by atoms with Crippen LogP contribution in [0.4, 0.5) is 0 Å². The first-order valence-electron chi connectivity index (χ1n) is 8.04. The molecule has 0 aliphatic heterocycles. The summed E-state index contributed by atoms with van der Waals surface area (Å²) in [6.45, 7) is 4.33. The molecule has 0 amide bonds. The average molecular weight is 400 g/mol. The summed E-state index contributed by atoms with van der Waals surface area (Å²) in [4.78, 5) is 16.8. The van der Waals surface area contributed by atoms with Gasteiger partial charge in [0.2, 0.25) is 5.82 Å². The van der Waals surface area contributed by atoms with E-state index in [0.717, 1.165) is 0 Å². The summed E-state index contributed by atoms with van der Waals surface area (Å²) >= 11 is 7.38. The Labute approximate surface area is 163 Å². The Balaban J connectivity index is 1.62. The fourth-order valence-electron chi connectivity index (χ4n) is 2.62. The summed E-state index contributed by atoms with van der Waals surface area (Å²) in [5.41, 5.74) is 1.02. The van der Waals surface area contributed by atoms with E-state index in [9.17, 15) is 4.79 Å². The number of pyridine rings is 1. The Hall–Kier alpha value is -2.84. The van der Waals surface area contributed by atoms with Crippen molar-refractivity contribution in [2.45, 2.75) is 17.5 Å². The van der Waals surface area contributed by atoms with E-state index in [0.29, 0.717) is 45.4 Å². The van der Waals surface area contributed by atoms with Gasteiger partial charge in [-0.25, -0.2) is 4.98 Å². The molecule has 0 aliphatic carbocycles. The van der Waals surface area contributed by atoms with Gasteiger partial charge in [0.05, 0.1) is 17.0 Å². The lowest BCUT2D eigenvalue weighted by Crippen LogP contribution is -2.15. The minimum Gasteiger partial charge on any atom is -0.461 e. The molecule has 7 nitrogen and oxygen atoms in total. The van der Waals surface area contributed by atoms with Crippen LogP contribution in [0.2, 0.25) is 5.02 Å². The van der Waals surface area contributed by atoms with E-state index in [-0.39, 0.29) is 5.56 Å². The largest absolute Gasteiger partial charge is 0.461 e. The summed E-state index contributed by atoms with van der Waals surface area (Å²) in [5, 5.41) is 9.63. The van der Waals surface area contributed by atoms with Gasteiger partial charge in [-0.3, -0.25) is 13.8 Å². The number of fused-ring (bicyclic) bond motifs is 1. The summed E-state index contributed by atoms with van der Waals surface area (Å²) in [7, 11) is 0. The highest BCUT2D eigenvalue weighted by atomic mass is 35.5. The van der Waals surface area contributed by atoms with E-state index in [2.05, 4.69) is 21.8 Å². The van der Waals surface area contributed by atoms with Gasteiger partial charge in [-0.05, 0) is 24.3 Å². The monoisotopic (exact) mass is 399 g/mol. The number of allylic oxidation sites excluding steroid dienone is 1. The quantitative estimate of drug-likeness (QED) is 0.363. The molecule has 0 bridgehead atoms. The van der Waals surface area contributed by atoms with Gasteiger partial charge in [0, 0.05) is 24.6 Å². The van der Waals surface area contributed by atoms with Crippen molar-refractivity contribution in [3.8, 4) is 11.6 Å². The van der Waals surface area contributed by atoms with E-state index in [1.165, 1.54) is 22.2 Å². The lowest BCUT2D eigenvalue weighted by molar-refractivity contribution is 0.569. The molecule has 0 saturated carbocycles. The van der Waals surface area contributed by atoms with E-state index >= 15 is 0 Å². The third kappa shape index (κ3) is 3.54. The van der Waals surface area contributed by atoms with E-state index < -0.39 is 0 Å². The molecule has 0 fully saturated rings. The molecule has 0 spiro atoms. The number of halogens is 1. The topological polar surface area (TPSA) is 78.2 Å². The predicted molar refractivity (Wildman–Crippen MR) is 104 cm³/mol. The van der Waals surface area contributed by atoms with Crippen molar-refractivity contribution in [1.82, 2.24) is 24.1 Å². The first kappa shape index (κ1) is 17.6. The summed E-state index contributed by atoms with van der Waals surface area (Å²) < 4.78 is 8.75. The van der Waals surface area contributed by atoms with Crippen molar-refractivity contribution in [3.05, 3.63) is 76.5 Å². The van der Waals surface area contributed by atoms with Crippen molar-refractivity contribution in [3.63, 3.8) is 0 Å². The normalized spacial score (nSPS) is 11.1. The van der Waals surface area contributed by atoms with Crippen LogP contribution < -0.4 is 5.56 Å². The number of nitrogens with zero attached hydrogens (tertiary/aromatic N) is 5. The number of hydrogen-bond acceptors (Lipinski definition) is 6. The molecule has 0 unspecified atom stereocenters. The van der Waals surface area contributed by atoms with Crippen molar-refractivity contribution in [1.29, 1.82) is 0 Å². The molecule has 4 heterocycles. The minimum atomic E-state index is -0.179. The Morgan fingerprint density at radius 1 is 1.30 bits per heavy atom. The van der Waals surface area contributed by atoms with Crippen molar-refractivity contribution in [2.24, 2.45) is 0 Å². The van der Waals surface area contributed by atoms with Crippen LogP contribution in [-0.2, 0) is 12.3 Å². The zero-order valence-corrected chi connectivity index (χ0v) is 15.7. The smallest absolute Gasteiger partial charge is 0.258 e. The Morgan fingerprint density at radius 3 is 2.96 bits per heavy atom. The molecule has 4 rings (SSSR count). The second kappa shape index (κ2) is 7.42. The highest BCUT2D eigenvalue weighted by Crippen LogP contribution is 2.26. The Bertz CT molecular complexity index is 1170. The third-order valence-electron chi connectivity index (χ3n) is 3.80. The fourth-order valence-corrected chi connectivity index (χ4v) is 3.62. The summed E-state index contributed by atoms with van der Waals surface area (Å²) in [6.07, 6.45) is 4.91. The van der Waals surface area contributed by atoms with E-state index in [4.69, 9.17) is 16.0 Å². The van der Waals surface area contributed by atoms with Crippen molar-refractivity contribution >= 4 is 29.0 Å². The van der Waals surface area contributed by atoms with Crippen molar-refractivity contribution < 1.29 is 4.42 Å². The number of thioether (sulfide) groups is 1. The maximum absolute atomic E-state index is 12.3. The highest BCUT2D eigenvalue weighted by molar-refractivity contribution is 7.98. The molecular formula is C18H14ClN5O2S. The number of furan rings is 1. The zero-order chi connectivity index (χ0) is 18.8. The van der Waals surface area contributed by atoms with Gasteiger partial charge in [0.25, 0.3) is 5.56 Å². The standard InChI is InChI=1S/C18H14ClN5O2S/c1-2-7-23-17(14-4-3-8-26-14)21-22-18(23)27-11-13-9-16(25)24-10-12(19)5-6-15(24)20-13/h2-6,8-10H,1,7,11H2. The molecule has 136 valence electrons. The molecule has 4 aromatic heterocycles. The number of aromatic nitrogens is 5. The summed E-state index contributed by atoms with van der Waals surface area (Å²) in [6, 6.07) is 8.55. The average Bonchev–Trinajstić information content (AvgIpc) is 3.31. The molecule has 0 aromatic carbocycles.